The van der Waals surface area contributed by atoms with Gasteiger partial charge in [0.25, 0.3) is 0 Å². The van der Waals surface area contributed by atoms with Crippen molar-refractivity contribution in [2.24, 2.45) is 0 Å². The number of rotatable bonds is 9. The number of pyridine rings is 1. The van der Waals surface area contributed by atoms with Gasteiger partial charge < -0.3 is 10.1 Å². The Kier molecular flexibility index (Phi) is 7.41. The van der Waals surface area contributed by atoms with Crippen molar-refractivity contribution in [2.75, 3.05) is 11.9 Å². The SMILES string of the molecule is C=CCOc1ccc(NC(=O)C(Cc2ccc(Cl)cc2)(c2ccccc2)c2ccccc2)cn1. The van der Waals surface area contributed by atoms with Crippen LogP contribution in [-0.2, 0) is 16.6 Å². The molecule has 0 fully saturated rings. The average molecular weight is 469 g/mol. The number of nitrogens with one attached hydrogen (secondary N) is 1. The third-order valence-corrected chi connectivity index (χ3v) is 5.90. The Balaban J connectivity index is 1.77. The van der Waals surface area contributed by atoms with Crippen LogP contribution in [0.1, 0.15) is 16.7 Å². The quantitative estimate of drug-likeness (QED) is 0.286. The number of halogens is 1. The zero-order chi connectivity index (χ0) is 23.8. The summed E-state index contributed by atoms with van der Waals surface area (Å²) in [6, 6.07) is 30.8. The average Bonchev–Trinajstić information content (AvgIpc) is 2.89. The molecule has 0 radical (unpaired) electrons. The first-order chi connectivity index (χ1) is 16.6. The third kappa shape index (κ3) is 5.19. The Bertz CT molecular complexity index is 1190. The number of anilines is 1. The topological polar surface area (TPSA) is 51.2 Å². The van der Waals surface area contributed by atoms with Gasteiger partial charge in [0.1, 0.15) is 12.0 Å². The Morgan fingerprint density at radius 3 is 2.06 bits per heavy atom. The maximum atomic E-state index is 14.2. The molecular formula is C29H25ClN2O2. The molecule has 0 saturated heterocycles. The highest BCUT2D eigenvalue weighted by atomic mass is 35.5. The second-order valence-electron chi connectivity index (χ2n) is 7.88. The van der Waals surface area contributed by atoms with E-state index in [-0.39, 0.29) is 5.91 Å². The smallest absolute Gasteiger partial charge is 0.239 e. The molecule has 170 valence electrons. The number of ether oxygens (including phenoxy) is 1. The minimum absolute atomic E-state index is 0.151. The first kappa shape index (κ1) is 23.3. The van der Waals surface area contributed by atoms with Crippen molar-refractivity contribution in [2.45, 2.75) is 11.8 Å². The van der Waals surface area contributed by atoms with Gasteiger partial charge in [-0.05, 0) is 41.3 Å². The summed E-state index contributed by atoms with van der Waals surface area (Å²) >= 11 is 6.13. The molecule has 0 spiro atoms. The van der Waals surface area contributed by atoms with Crippen LogP contribution in [0.25, 0.3) is 0 Å². The normalized spacial score (nSPS) is 11.0. The summed E-state index contributed by atoms with van der Waals surface area (Å²) in [5.41, 5.74) is 2.40. The summed E-state index contributed by atoms with van der Waals surface area (Å²) in [4.78, 5) is 18.4. The van der Waals surface area contributed by atoms with Crippen LogP contribution in [0.2, 0.25) is 5.02 Å². The van der Waals surface area contributed by atoms with Gasteiger partial charge in [-0.1, -0.05) is 97.1 Å². The van der Waals surface area contributed by atoms with Gasteiger partial charge >= 0.3 is 0 Å². The monoisotopic (exact) mass is 468 g/mol. The maximum Gasteiger partial charge on any atom is 0.239 e. The minimum Gasteiger partial charge on any atom is -0.473 e. The van der Waals surface area contributed by atoms with Crippen LogP contribution in [0.15, 0.2) is 116 Å². The molecular weight excluding hydrogens is 444 g/mol. The lowest BCUT2D eigenvalue weighted by atomic mass is 9.69. The molecule has 3 aromatic carbocycles. The van der Waals surface area contributed by atoms with Gasteiger partial charge in [-0.3, -0.25) is 4.79 Å². The largest absolute Gasteiger partial charge is 0.473 e. The summed E-state index contributed by atoms with van der Waals surface area (Å²) in [5, 5.41) is 3.75. The molecule has 4 aromatic rings. The first-order valence-corrected chi connectivity index (χ1v) is 11.4. The summed E-state index contributed by atoms with van der Waals surface area (Å²) in [6.07, 6.45) is 3.71. The van der Waals surface area contributed by atoms with Crippen molar-refractivity contribution < 1.29 is 9.53 Å². The van der Waals surface area contributed by atoms with Gasteiger partial charge in [0.15, 0.2) is 0 Å². The first-order valence-electron chi connectivity index (χ1n) is 11.0. The van der Waals surface area contributed by atoms with Crippen LogP contribution in [0.5, 0.6) is 5.88 Å². The molecule has 0 aliphatic rings. The second kappa shape index (κ2) is 10.8. The van der Waals surface area contributed by atoms with Crippen LogP contribution in [0, 0.1) is 0 Å². The standard InChI is InChI=1S/C29H25ClN2O2/c1-2-19-34-27-18-17-26(21-31-27)32-28(33)29(23-9-5-3-6-10-23,24-11-7-4-8-12-24)20-22-13-15-25(30)16-14-22/h2-18,21H,1,19-20H2,(H,32,33). The highest BCUT2D eigenvalue weighted by molar-refractivity contribution is 6.30. The van der Waals surface area contributed by atoms with Gasteiger partial charge in [-0.25, -0.2) is 4.98 Å². The van der Waals surface area contributed by atoms with E-state index in [0.717, 1.165) is 16.7 Å². The molecule has 0 aliphatic heterocycles. The van der Waals surface area contributed by atoms with Crippen LogP contribution < -0.4 is 10.1 Å². The predicted molar refractivity (Wildman–Crippen MR) is 137 cm³/mol. The van der Waals surface area contributed by atoms with Crippen LogP contribution in [0.3, 0.4) is 0 Å². The molecule has 0 saturated carbocycles. The van der Waals surface area contributed by atoms with E-state index in [1.54, 1.807) is 24.4 Å². The van der Waals surface area contributed by atoms with E-state index >= 15 is 0 Å². The third-order valence-electron chi connectivity index (χ3n) is 5.65. The van der Waals surface area contributed by atoms with Gasteiger partial charge in [-0.15, -0.1) is 0 Å². The summed E-state index contributed by atoms with van der Waals surface area (Å²) in [5.74, 6) is 0.317. The molecule has 0 aliphatic carbocycles. The maximum absolute atomic E-state index is 14.2. The van der Waals surface area contributed by atoms with Gasteiger partial charge in [0.2, 0.25) is 11.8 Å². The second-order valence-corrected chi connectivity index (χ2v) is 8.32. The Morgan fingerprint density at radius 2 is 1.53 bits per heavy atom. The van der Waals surface area contributed by atoms with E-state index in [0.29, 0.717) is 29.6 Å². The van der Waals surface area contributed by atoms with Crippen LogP contribution in [0.4, 0.5) is 5.69 Å². The molecule has 34 heavy (non-hydrogen) atoms. The Labute approximate surface area is 204 Å². The fraction of sp³-hybridized carbons (Fsp3) is 0.103. The van der Waals surface area contributed by atoms with E-state index < -0.39 is 5.41 Å². The molecule has 5 heteroatoms. The minimum atomic E-state index is -0.978. The summed E-state index contributed by atoms with van der Waals surface area (Å²) in [7, 11) is 0. The van der Waals surface area contributed by atoms with Gasteiger partial charge in [0.05, 0.1) is 11.9 Å². The Morgan fingerprint density at radius 1 is 0.912 bits per heavy atom. The molecule has 1 N–H and O–H groups in total. The lowest BCUT2D eigenvalue weighted by Gasteiger charge is -2.34. The molecule has 0 unspecified atom stereocenters. The number of carbonyl (C=O) groups excluding carboxylic acids is 1. The van der Waals surface area contributed by atoms with Crippen molar-refractivity contribution in [3.05, 3.63) is 138 Å². The molecule has 0 atom stereocenters. The highest BCUT2D eigenvalue weighted by Crippen LogP contribution is 2.37. The van der Waals surface area contributed by atoms with Crippen LogP contribution >= 0.6 is 11.6 Å². The Hall–Kier alpha value is -3.89. The van der Waals surface area contributed by atoms with Crippen LogP contribution in [-0.4, -0.2) is 17.5 Å². The van der Waals surface area contributed by atoms with Gasteiger partial charge in [0, 0.05) is 11.1 Å². The molecule has 1 heterocycles. The van der Waals surface area contributed by atoms with Crippen molar-refractivity contribution >= 4 is 23.2 Å². The summed E-state index contributed by atoms with van der Waals surface area (Å²) < 4.78 is 5.46. The fourth-order valence-electron chi connectivity index (χ4n) is 3.99. The number of nitrogens with zero attached hydrogens (tertiary/aromatic N) is 1. The number of hydrogen-bond donors (Lipinski definition) is 1. The molecule has 0 bridgehead atoms. The molecule has 4 rings (SSSR count). The van der Waals surface area contributed by atoms with E-state index in [4.69, 9.17) is 16.3 Å². The predicted octanol–water partition coefficient (Wildman–Crippen LogP) is 6.47. The number of carbonyl (C=O) groups is 1. The summed E-state index contributed by atoms with van der Waals surface area (Å²) in [6.45, 7) is 4.01. The molecule has 1 amide bonds. The lowest BCUT2D eigenvalue weighted by molar-refractivity contribution is -0.120. The zero-order valence-electron chi connectivity index (χ0n) is 18.7. The van der Waals surface area contributed by atoms with Crippen molar-refractivity contribution in [1.29, 1.82) is 0 Å². The fourth-order valence-corrected chi connectivity index (χ4v) is 4.11. The molecule has 4 nitrogen and oxygen atoms in total. The number of amides is 1. The van der Waals surface area contributed by atoms with Gasteiger partial charge in [-0.2, -0.15) is 0 Å². The molecule has 1 aromatic heterocycles. The zero-order valence-corrected chi connectivity index (χ0v) is 19.4. The number of aromatic nitrogens is 1. The number of benzene rings is 3. The highest BCUT2D eigenvalue weighted by Gasteiger charge is 2.42. The van der Waals surface area contributed by atoms with Crippen molar-refractivity contribution in [1.82, 2.24) is 4.98 Å². The lowest BCUT2D eigenvalue weighted by Crippen LogP contribution is -2.43. The number of hydrogen-bond acceptors (Lipinski definition) is 3. The van der Waals surface area contributed by atoms with Crippen molar-refractivity contribution in [3.8, 4) is 5.88 Å². The van der Waals surface area contributed by atoms with E-state index in [1.807, 2.05) is 84.9 Å². The van der Waals surface area contributed by atoms with E-state index in [9.17, 15) is 4.79 Å². The van der Waals surface area contributed by atoms with E-state index in [2.05, 4.69) is 16.9 Å². The van der Waals surface area contributed by atoms with Crippen molar-refractivity contribution in [3.63, 3.8) is 0 Å². The van der Waals surface area contributed by atoms with E-state index in [1.165, 1.54) is 0 Å².